The van der Waals surface area contributed by atoms with Gasteiger partial charge in [-0.1, -0.05) is 5.21 Å². The topological polar surface area (TPSA) is 115 Å². The maximum Gasteiger partial charge on any atom is 0.253 e. The van der Waals surface area contributed by atoms with Crippen LogP contribution in [-0.2, 0) is 0 Å². The number of hydrogen-bond donors (Lipinski definition) is 2. The minimum absolute atomic E-state index is 0.0123. The molecule has 1 atom stereocenters. The molecule has 0 radical (unpaired) electrons. The molecule has 3 N–H and O–H groups in total. The number of nitrogens with one attached hydrogen (secondary N) is 1. The molecular formula is C22H24N8O. The van der Waals surface area contributed by atoms with Crippen LogP contribution in [0, 0.1) is 0 Å². The van der Waals surface area contributed by atoms with Crippen molar-refractivity contribution in [2.75, 3.05) is 18.4 Å². The van der Waals surface area contributed by atoms with E-state index in [1.54, 1.807) is 11.1 Å². The number of nitrogens with zero attached hydrogens (tertiary/aromatic N) is 6. The van der Waals surface area contributed by atoms with Crippen LogP contribution < -0.4 is 11.1 Å². The summed E-state index contributed by atoms with van der Waals surface area (Å²) >= 11 is 0. The standard InChI is InChI=1S/C22H24N8O/c1-13(2)30-20-18(27-28-30)8-5-15-11-24-22(26-19(15)20)25-17-6-3-14(4-7-17)21(31)29-10-9-16(23)12-29/h3-8,11,13,16H,9-10,12,23H2,1-2H3,(H,24,25,26)/t16-/m0/s1. The third kappa shape index (κ3) is 3.57. The number of amides is 1. The van der Waals surface area contributed by atoms with Crippen molar-refractivity contribution in [3.05, 3.63) is 48.2 Å². The van der Waals surface area contributed by atoms with E-state index < -0.39 is 0 Å². The Morgan fingerprint density at radius 1 is 1.19 bits per heavy atom. The molecule has 0 saturated carbocycles. The fourth-order valence-electron chi connectivity index (χ4n) is 3.92. The molecule has 158 valence electrons. The summed E-state index contributed by atoms with van der Waals surface area (Å²) in [5.41, 5.74) is 9.86. The largest absolute Gasteiger partial charge is 0.337 e. The minimum Gasteiger partial charge on any atom is -0.337 e. The normalized spacial score (nSPS) is 16.5. The summed E-state index contributed by atoms with van der Waals surface area (Å²) in [5, 5.41) is 12.7. The van der Waals surface area contributed by atoms with Crippen molar-refractivity contribution in [1.82, 2.24) is 29.9 Å². The molecule has 9 nitrogen and oxygen atoms in total. The second kappa shape index (κ2) is 7.59. The smallest absolute Gasteiger partial charge is 0.253 e. The summed E-state index contributed by atoms with van der Waals surface area (Å²) in [6, 6.07) is 11.5. The Kier molecular flexibility index (Phi) is 4.74. The van der Waals surface area contributed by atoms with Gasteiger partial charge in [-0.05, 0) is 56.7 Å². The number of hydrogen-bond acceptors (Lipinski definition) is 7. The first-order valence-corrected chi connectivity index (χ1v) is 10.4. The molecule has 31 heavy (non-hydrogen) atoms. The molecule has 0 spiro atoms. The minimum atomic E-state index is 0.0123. The second-order valence-corrected chi connectivity index (χ2v) is 8.19. The van der Waals surface area contributed by atoms with Crippen molar-refractivity contribution in [2.24, 2.45) is 5.73 Å². The SMILES string of the molecule is CC(C)n1nnc2ccc3cnc(Nc4ccc(C(=O)N5CC[C@H](N)C5)cc4)nc3c21. The van der Waals surface area contributed by atoms with Gasteiger partial charge in [0.15, 0.2) is 0 Å². The van der Waals surface area contributed by atoms with Crippen LogP contribution in [0.15, 0.2) is 42.6 Å². The summed E-state index contributed by atoms with van der Waals surface area (Å²) < 4.78 is 1.87. The van der Waals surface area contributed by atoms with Crippen LogP contribution in [0.5, 0.6) is 0 Å². The number of fused-ring (bicyclic) bond motifs is 3. The molecule has 9 heteroatoms. The lowest BCUT2D eigenvalue weighted by molar-refractivity contribution is 0.0791. The molecule has 1 aliphatic rings. The third-order valence-corrected chi connectivity index (χ3v) is 5.57. The van der Waals surface area contributed by atoms with Gasteiger partial charge in [0.05, 0.1) is 0 Å². The van der Waals surface area contributed by atoms with Crippen LogP contribution in [-0.4, -0.2) is 54.9 Å². The van der Waals surface area contributed by atoms with E-state index in [1.165, 1.54) is 0 Å². The van der Waals surface area contributed by atoms with Gasteiger partial charge in [0.25, 0.3) is 5.91 Å². The van der Waals surface area contributed by atoms with E-state index in [4.69, 9.17) is 10.7 Å². The summed E-state index contributed by atoms with van der Waals surface area (Å²) in [5.74, 6) is 0.486. The van der Waals surface area contributed by atoms with Crippen molar-refractivity contribution < 1.29 is 4.79 Å². The number of anilines is 2. The Bertz CT molecular complexity index is 1260. The van der Waals surface area contributed by atoms with Crippen LogP contribution in [0.1, 0.15) is 36.7 Å². The Labute approximate surface area is 179 Å². The van der Waals surface area contributed by atoms with E-state index in [-0.39, 0.29) is 18.0 Å². The van der Waals surface area contributed by atoms with Gasteiger partial charge in [-0.25, -0.2) is 14.6 Å². The van der Waals surface area contributed by atoms with Gasteiger partial charge in [0, 0.05) is 48.0 Å². The summed E-state index contributed by atoms with van der Waals surface area (Å²) in [7, 11) is 0. The molecule has 1 amide bonds. The zero-order chi connectivity index (χ0) is 21.5. The number of likely N-dealkylation sites (tertiary alicyclic amines) is 1. The highest BCUT2D eigenvalue weighted by atomic mass is 16.2. The van der Waals surface area contributed by atoms with Crippen LogP contribution in [0.3, 0.4) is 0 Å². The van der Waals surface area contributed by atoms with Crippen LogP contribution in [0.25, 0.3) is 21.9 Å². The van der Waals surface area contributed by atoms with Gasteiger partial charge in [-0.3, -0.25) is 4.79 Å². The van der Waals surface area contributed by atoms with Crippen molar-refractivity contribution in [3.63, 3.8) is 0 Å². The van der Waals surface area contributed by atoms with Gasteiger partial charge in [-0.15, -0.1) is 5.10 Å². The van der Waals surface area contributed by atoms with E-state index >= 15 is 0 Å². The highest BCUT2D eigenvalue weighted by Crippen LogP contribution is 2.26. The molecule has 2 aromatic heterocycles. The second-order valence-electron chi connectivity index (χ2n) is 8.19. The maximum atomic E-state index is 12.6. The number of rotatable bonds is 4. The highest BCUT2D eigenvalue weighted by molar-refractivity contribution is 6.01. The first-order valence-electron chi connectivity index (χ1n) is 10.4. The summed E-state index contributed by atoms with van der Waals surface area (Å²) in [4.78, 5) is 23.6. The molecule has 4 aromatic rings. The number of nitrogens with two attached hydrogens (primary N) is 1. The molecule has 1 saturated heterocycles. The highest BCUT2D eigenvalue weighted by Gasteiger charge is 2.24. The zero-order valence-corrected chi connectivity index (χ0v) is 17.5. The quantitative estimate of drug-likeness (QED) is 0.526. The molecule has 0 bridgehead atoms. The molecule has 1 fully saturated rings. The van der Waals surface area contributed by atoms with E-state index in [1.807, 2.05) is 41.1 Å². The molecule has 0 unspecified atom stereocenters. The zero-order valence-electron chi connectivity index (χ0n) is 17.5. The van der Waals surface area contributed by atoms with Crippen LogP contribution >= 0.6 is 0 Å². The number of aromatic nitrogens is 5. The number of carbonyl (C=O) groups is 1. The fraction of sp³-hybridized carbons (Fsp3) is 0.318. The van der Waals surface area contributed by atoms with E-state index in [0.29, 0.717) is 24.6 Å². The number of carbonyl (C=O) groups excluding carboxylic acids is 1. The van der Waals surface area contributed by atoms with Crippen molar-refractivity contribution >= 4 is 39.5 Å². The van der Waals surface area contributed by atoms with Gasteiger partial charge >= 0.3 is 0 Å². The Morgan fingerprint density at radius 3 is 2.71 bits per heavy atom. The third-order valence-electron chi connectivity index (χ3n) is 5.57. The van der Waals surface area contributed by atoms with E-state index in [0.717, 1.165) is 34.0 Å². The monoisotopic (exact) mass is 416 g/mol. The Morgan fingerprint density at radius 2 is 2.00 bits per heavy atom. The van der Waals surface area contributed by atoms with Crippen LogP contribution in [0.2, 0.25) is 0 Å². The first kappa shape index (κ1) is 19.4. The Balaban J connectivity index is 1.42. The summed E-state index contributed by atoms with van der Waals surface area (Å²) in [6.07, 6.45) is 2.64. The van der Waals surface area contributed by atoms with Gasteiger partial charge in [0.2, 0.25) is 5.95 Å². The lowest BCUT2D eigenvalue weighted by Crippen LogP contribution is -2.31. The molecule has 5 rings (SSSR count). The van der Waals surface area contributed by atoms with Gasteiger partial charge in [0.1, 0.15) is 16.6 Å². The Hall–Kier alpha value is -3.59. The molecule has 2 aromatic carbocycles. The van der Waals surface area contributed by atoms with Crippen molar-refractivity contribution in [2.45, 2.75) is 32.4 Å². The van der Waals surface area contributed by atoms with Gasteiger partial charge in [-0.2, -0.15) is 0 Å². The lowest BCUT2D eigenvalue weighted by atomic mass is 10.2. The average Bonchev–Trinajstić information content (AvgIpc) is 3.40. The first-order chi connectivity index (χ1) is 15.0. The average molecular weight is 416 g/mol. The predicted octanol–water partition coefficient (Wildman–Crippen LogP) is 2.87. The molecule has 1 aliphatic heterocycles. The summed E-state index contributed by atoms with van der Waals surface area (Å²) in [6.45, 7) is 5.44. The van der Waals surface area contributed by atoms with E-state index in [2.05, 4.69) is 34.5 Å². The predicted molar refractivity (Wildman–Crippen MR) is 119 cm³/mol. The molecular weight excluding hydrogens is 392 g/mol. The van der Waals surface area contributed by atoms with Gasteiger partial charge < -0.3 is 16.0 Å². The van der Waals surface area contributed by atoms with Crippen LogP contribution in [0.4, 0.5) is 11.6 Å². The maximum absolute atomic E-state index is 12.6. The fourth-order valence-corrected chi connectivity index (χ4v) is 3.92. The van der Waals surface area contributed by atoms with Crippen molar-refractivity contribution in [3.8, 4) is 0 Å². The van der Waals surface area contributed by atoms with E-state index in [9.17, 15) is 4.79 Å². The lowest BCUT2D eigenvalue weighted by Gasteiger charge is -2.16. The molecule has 3 heterocycles. The van der Waals surface area contributed by atoms with Crippen molar-refractivity contribution in [1.29, 1.82) is 0 Å². The number of benzene rings is 2. The molecule has 0 aliphatic carbocycles.